The van der Waals surface area contributed by atoms with E-state index >= 15 is 0 Å². The van der Waals surface area contributed by atoms with E-state index < -0.39 is 29.0 Å². The van der Waals surface area contributed by atoms with E-state index in [1.54, 1.807) is 50.5 Å². The summed E-state index contributed by atoms with van der Waals surface area (Å²) in [6.45, 7) is 8.12. The molecule has 1 saturated heterocycles. The Kier molecular flexibility index (Phi) is 8.58. The first-order chi connectivity index (χ1) is 19.0. The van der Waals surface area contributed by atoms with Gasteiger partial charge in [0.1, 0.15) is 18.0 Å². The van der Waals surface area contributed by atoms with Crippen molar-refractivity contribution in [2.24, 2.45) is 0 Å². The lowest BCUT2D eigenvalue weighted by molar-refractivity contribution is -0.131. The number of aryl methyl sites for hydroxylation is 1. The number of hydrogen-bond acceptors (Lipinski definition) is 7. The molecule has 3 aromatic rings. The third-order valence-corrected chi connectivity index (χ3v) is 6.67. The van der Waals surface area contributed by atoms with Crippen molar-refractivity contribution >= 4 is 28.8 Å². The van der Waals surface area contributed by atoms with Crippen LogP contribution in [0.2, 0.25) is 0 Å². The smallest absolute Gasteiger partial charge is 0.410 e. The van der Waals surface area contributed by atoms with Gasteiger partial charge < -0.3 is 19.7 Å². The van der Waals surface area contributed by atoms with Crippen molar-refractivity contribution in [3.8, 4) is 5.75 Å². The molecule has 0 spiro atoms. The second-order valence-corrected chi connectivity index (χ2v) is 11.2. The normalized spacial score (nSPS) is 17.3. The van der Waals surface area contributed by atoms with Crippen molar-refractivity contribution in [2.75, 3.05) is 13.1 Å². The summed E-state index contributed by atoms with van der Waals surface area (Å²) in [6.07, 6.45) is 0.281. The van der Waals surface area contributed by atoms with E-state index in [1.165, 1.54) is 4.90 Å². The van der Waals surface area contributed by atoms with Crippen molar-refractivity contribution in [1.29, 1.82) is 0 Å². The van der Waals surface area contributed by atoms with Crippen molar-refractivity contribution in [3.63, 3.8) is 0 Å². The number of para-hydroxylation sites is 1. The number of hydroxylamine groups is 1. The molecule has 1 fully saturated rings. The molecular weight excluding hydrogens is 512 g/mol. The summed E-state index contributed by atoms with van der Waals surface area (Å²) < 4.78 is 11.5. The standard InChI is InChI=1S/C30H36N4O6/c1-20-16-22(24-8-5-6-9-25(24)31-20)18-39-23-12-10-21(11-13-23)27(36)32-30(17-26(35)33-38)14-7-15-34(19-30)28(37)40-29(2,3)4/h5-6,8-13,16,38H,7,14-15,17-19H2,1-4H3,(H,32,36)(H,33,35). The van der Waals surface area contributed by atoms with E-state index in [0.717, 1.165) is 22.2 Å². The molecule has 4 rings (SSSR count). The highest BCUT2D eigenvalue weighted by molar-refractivity contribution is 5.95. The Morgan fingerprint density at radius 2 is 1.82 bits per heavy atom. The third kappa shape index (κ3) is 7.26. The molecule has 40 heavy (non-hydrogen) atoms. The first-order valence-corrected chi connectivity index (χ1v) is 13.3. The average molecular weight is 549 g/mol. The summed E-state index contributed by atoms with van der Waals surface area (Å²) in [5.41, 5.74) is 3.07. The van der Waals surface area contributed by atoms with Crippen LogP contribution in [0.25, 0.3) is 10.9 Å². The minimum atomic E-state index is -1.07. The lowest BCUT2D eigenvalue weighted by Gasteiger charge is -2.43. The maximum absolute atomic E-state index is 13.3. The van der Waals surface area contributed by atoms with Crippen molar-refractivity contribution < 1.29 is 29.1 Å². The van der Waals surface area contributed by atoms with E-state index in [4.69, 9.17) is 14.7 Å². The van der Waals surface area contributed by atoms with Gasteiger partial charge in [0.05, 0.1) is 17.5 Å². The number of fused-ring (bicyclic) bond motifs is 1. The van der Waals surface area contributed by atoms with Gasteiger partial charge in [0.2, 0.25) is 5.91 Å². The van der Waals surface area contributed by atoms with E-state index in [-0.39, 0.29) is 13.0 Å². The number of aromatic nitrogens is 1. The van der Waals surface area contributed by atoms with Gasteiger partial charge >= 0.3 is 6.09 Å². The molecule has 212 valence electrons. The minimum Gasteiger partial charge on any atom is -0.489 e. The lowest BCUT2D eigenvalue weighted by Crippen LogP contribution is -2.61. The van der Waals surface area contributed by atoms with Crippen molar-refractivity contribution in [2.45, 2.75) is 64.7 Å². The van der Waals surface area contributed by atoms with Gasteiger partial charge in [-0.3, -0.25) is 19.8 Å². The molecule has 1 aromatic heterocycles. The fourth-order valence-corrected chi connectivity index (χ4v) is 4.94. The second-order valence-electron chi connectivity index (χ2n) is 11.2. The highest BCUT2D eigenvalue weighted by Gasteiger charge is 2.41. The summed E-state index contributed by atoms with van der Waals surface area (Å²) in [5.74, 6) is -0.466. The van der Waals surface area contributed by atoms with Crippen LogP contribution in [-0.4, -0.2) is 57.2 Å². The number of nitrogens with zero attached hydrogens (tertiary/aromatic N) is 2. The summed E-state index contributed by atoms with van der Waals surface area (Å²) in [6, 6.07) is 16.6. The SMILES string of the molecule is Cc1cc(COc2ccc(C(=O)NC3(CC(=O)NO)CCCN(C(=O)OC(C)(C)C)C3)cc2)c2ccccc2n1. The van der Waals surface area contributed by atoms with E-state index in [2.05, 4.69) is 10.3 Å². The molecule has 0 aliphatic carbocycles. The average Bonchev–Trinajstić information content (AvgIpc) is 2.91. The molecule has 10 heteroatoms. The first kappa shape index (κ1) is 28.8. The van der Waals surface area contributed by atoms with Crippen LogP contribution in [0, 0.1) is 6.92 Å². The Labute approximate surface area is 233 Å². The molecule has 1 aliphatic heterocycles. The monoisotopic (exact) mass is 548 g/mol. The number of likely N-dealkylation sites (tertiary alicyclic amines) is 1. The quantitative estimate of drug-likeness (QED) is 0.292. The molecule has 1 atom stereocenters. The van der Waals surface area contributed by atoms with Gasteiger partial charge in [-0.1, -0.05) is 18.2 Å². The number of nitrogens with one attached hydrogen (secondary N) is 2. The molecule has 1 aliphatic rings. The van der Waals surface area contributed by atoms with Crippen LogP contribution in [0.3, 0.4) is 0 Å². The Morgan fingerprint density at radius 3 is 2.52 bits per heavy atom. The molecule has 2 heterocycles. The Hall–Kier alpha value is -4.18. The molecule has 3 amide bonds. The van der Waals surface area contributed by atoms with Gasteiger partial charge in [-0.15, -0.1) is 0 Å². The number of carbonyl (C=O) groups is 3. The summed E-state index contributed by atoms with van der Waals surface area (Å²) in [7, 11) is 0. The number of carbonyl (C=O) groups excluding carboxylic acids is 3. The zero-order chi connectivity index (χ0) is 28.9. The third-order valence-electron chi connectivity index (χ3n) is 6.67. The largest absolute Gasteiger partial charge is 0.489 e. The molecule has 0 saturated carbocycles. The summed E-state index contributed by atoms with van der Waals surface area (Å²) in [5, 5.41) is 13.1. The van der Waals surface area contributed by atoms with Gasteiger partial charge in [-0.25, -0.2) is 10.3 Å². The van der Waals surface area contributed by atoms with Gasteiger partial charge in [-0.2, -0.15) is 0 Å². The first-order valence-electron chi connectivity index (χ1n) is 13.3. The van der Waals surface area contributed by atoms with Gasteiger partial charge in [0, 0.05) is 35.3 Å². The Bertz CT molecular complexity index is 1390. The van der Waals surface area contributed by atoms with E-state index in [0.29, 0.717) is 37.3 Å². The maximum Gasteiger partial charge on any atom is 0.410 e. The topological polar surface area (TPSA) is 130 Å². The number of piperidine rings is 1. The second kappa shape index (κ2) is 11.9. The van der Waals surface area contributed by atoms with Gasteiger partial charge in [-0.05, 0) is 76.9 Å². The minimum absolute atomic E-state index is 0.0710. The zero-order valence-electron chi connectivity index (χ0n) is 23.3. The number of amides is 3. The molecule has 0 bridgehead atoms. The number of rotatable bonds is 7. The molecule has 3 N–H and O–H groups in total. The molecular formula is C30H36N4O6. The van der Waals surface area contributed by atoms with Gasteiger partial charge in [0.25, 0.3) is 5.91 Å². The van der Waals surface area contributed by atoms with E-state index in [1.807, 2.05) is 37.3 Å². The predicted octanol–water partition coefficient (Wildman–Crippen LogP) is 4.52. The fourth-order valence-electron chi connectivity index (χ4n) is 4.94. The Morgan fingerprint density at radius 1 is 1.10 bits per heavy atom. The molecule has 0 radical (unpaired) electrons. The number of benzene rings is 2. The summed E-state index contributed by atoms with van der Waals surface area (Å²) >= 11 is 0. The van der Waals surface area contributed by atoms with Crippen molar-refractivity contribution in [1.82, 2.24) is 20.7 Å². The Balaban J connectivity index is 1.45. The number of hydrogen-bond donors (Lipinski definition) is 3. The zero-order valence-corrected chi connectivity index (χ0v) is 23.3. The van der Waals surface area contributed by atoms with Crippen LogP contribution in [0.5, 0.6) is 5.75 Å². The van der Waals surface area contributed by atoms with Crippen molar-refractivity contribution in [3.05, 3.63) is 71.4 Å². The van der Waals surface area contributed by atoms with Crippen LogP contribution in [-0.2, 0) is 16.1 Å². The maximum atomic E-state index is 13.3. The lowest BCUT2D eigenvalue weighted by atomic mass is 9.85. The molecule has 1 unspecified atom stereocenters. The molecule has 10 nitrogen and oxygen atoms in total. The van der Waals surface area contributed by atoms with Crippen LogP contribution in [0.1, 0.15) is 61.6 Å². The summed E-state index contributed by atoms with van der Waals surface area (Å²) in [4.78, 5) is 44.2. The number of ether oxygens (including phenoxy) is 2. The number of pyridine rings is 1. The molecule has 2 aromatic carbocycles. The highest BCUT2D eigenvalue weighted by Crippen LogP contribution is 2.27. The van der Waals surface area contributed by atoms with Gasteiger partial charge in [0.15, 0.2) is 0 Å². The fraction of sp³-hybridized carbons (Fsp3) is 0.400. The van der Waals surface area contributed by atoms with Crippen LogP contribution >= 0.6 is 0 Å². The predicted molar refractivity (Wildman–Crippen MR) is 149 cm³/mol. The van der Waals surface area contributed by atoms with Crippen LogP contribution in [0.15, 0.2) is 54.6 Å². The van der Waals surface area contributed by atoms with Crippen LogP contribution in [0.4, 0.5) is 4.79 Å². The van der Waals surface area contributed by atoms with E-state index in [9.17, 15) is 14.4 Å². The van der Waals surface area contributed by atoms with Crippen LogP contribution < -0.4 is 15.5 Å². The highest BCUT2D eigenvalue weighted by atomic mass is 16.6.